The summed E-state index contributed by atoms with van der Waals surface area (Å²) in [6, 6.07) is 4.40. The van der Waals surface area contributed by atoms with Gasteiger partial charge in [0.25, 0.3) is 0 Å². The zero-order valence-corrected chi connectivity index (χ0v) is 12.9. The van der Waals surface area contributed by atoms with Gasteiger partial charge in [0, 0.05) is 44.8 Å². The first-order chi connectivity index (χ1) is 10.2. The summed E-state index contributed by atoms with van der Waals surface area (Å²) < 4.78 is 0. The van der Waals surface area contributed by atoms with Crippen LogP contribution < -0.4 is 16.1 Å². The van der Waals surface area contributed by atoms with E-state index in [2.05, 4.69) is 38.0 Å². The van der Waals surface area contributed by atoms with E-state index in [0.717, 1.165) is 49.7 Å². The number of fused-ring (bicyclic) bond motifs is 1. The molecule has 1 atom stereocenters. The van der Waals surface area contributed by atoms with Crippen molar-refractivity contribution in [3.05, 3.63) is 24.0 Å². The fourth-order valence-electron chi connectivity index (χ4n) is 2.62. The number of rotatable bonds is 1. The molecule has 1 aromatic rings. The van der Waals surface area contributed by atoms with Gasteiger partial charge in [0.05, 0.1) is 11.4 Å². The molecule has 0 bridgehead atoms. The average molecular weight is 304 g/mol. The molecular weight excluding hydrogens is 284 g/mol. The van der Waals surface area contributed by atoms with Crippen LogP contribution in [-0.2, 0) is 0 Å². The first-order valence-electron chi connectivity index (χ1n) is 7.28. The monoisotopic (exact) mass is 304 g/mol. The minimum Gasteiger partial charge on any atom is -0.383 e. The van der Waals surface area contributed by atoms with Crippen molar-refractivity contribution in [2.24, 2.45) is 5.10 Å². The van der Waals surface area contributed by atoms with Gasteiger partial charge < -0.3 is 15.5 Å². The minimum atomic E-state index is 0.451. The molecule has 0 radical (unpaired) electrons. The molecule has 6 nitrogen and oxygen atoms in total. The van der Waals surface area contributed by atoms with Crippen LogP contribution in [0.4, 0.5) is 5.69 Å². The molecule has 21 heavy (non-hydrogen) atoms. The third kappa shape index (κ3) is 3.30. The fraction of sp³-hybridized carbons (Fsp3) is 0.500. The van der Waals surface area contributed by atoms with E-state index in [1.165, 1.54) is 0 Å². The van der Waals surface area contributed by atoms with Crippen molar-refractivity contribution in [2.45, 2.75) is 19.4 Å². The van der Waals surface area contributed by atoms with Crippen LogP contribution in [0.2, 0.25) is 0 Å². The highest BCUT2D eigenvalue weighted by Gasteiger charge is 2.19. The average Bonchev–Trinajstić information content (AvgIpc) is 2.52. The summed E-state index contributed by atoms with van der Waals surface area (Å²) in [7, 11) is 0. The molecule has 1 saturated heterocycles. The van der Waals surface area contributed by atoms with Gasteiger partial charge in [-0.3, -0.25) is 10.4 Å². The second kappa shape index (κ2) is 6.36. The first kappa shape index (κ1) is 14.2. The van der Waals surface area contributed by atoms with Crippen molar-refractivity contribution < 1.29 is 0 Å². The van der Waals surface area contributed by atoms with Crippen molar-refractivity contribution in [3.63, 3.8) is 0 Å². The van der Waals surface area contributed by atoms with Gasteiger partial charge in [0.1, 0.15) is 5.69 Å². The third-order valence-electron chi connectivity index (χ3n) is 3.70. The van der Waals surface area contributed by atoms with E-state index >= 15 is 0 Å². The number of hydrogen-bond acceptors (Lipinski definition) is 5. The Morgan fingerprint density at radius 1 is 1.52 bits per heavy atom. The Balaban J connectivity index is 1.68. The van der Waals surface area contributed by atoms with E-state index in [1.807, 2.05) is 12.1 Å². The predicted molar refractivity (Wildman–Crippen MR) is 88.7 cm³/mol. The zero-order valence-electron chi connectivity index (χ0n) is 12.1. The van der Waals surface area contributed by atoms with Gasteiger partial charge in [-0.25, -0.2) is 0 Å². The Bertz CT molecular complexity index is 558. The molecule has 2 aliphatic heterocycles. The lowest BCUT2D eigenvalue weighted by atomic mass is 10.1. The van der Waals surface area contributed by atoms with Crippen LogP contribution in [-0.4, -0.2) is 52.9 Å². The molecule has 3 heterocycles. The van der Waals surface area contributed by atoms with Gasteiger partial charge in [-0.15, -0.1) is 0 Å². The van der Waals surface area contributed by atoms with Crippen molar-refractivity contribution in [1.82, 2.24) is 20.6 Å². The Labute approximate surface area is 130 Å². The molecule has 0 amide bonds. The summed E-state index contributed by atoms with van der Waals surface area (Å²) in [5.74, 6) is 0. The number of hydrogen-bond donors (Lipinski definition) is 3. The number of thiocarbonyl (C=S) groups is 1. The van der Waals surface area contributed by atoms with Crippen LogP contribution >= 0.6 is 12.2 Å². The minimum absolute atomic E-state index is 0.451. The van der Waals surface area contributed by atoms with Crippen LogP contribution in [0.15, 0.2) is 23.4 Å². The maximum atomic E-state index is 5.44. The van der Waals surface area contributed by atoms with E-state index in [9.17, 15) is 0 Å². The first-order valence-corrected chi connectivity index (χ1v) is 7.69. The van der Waals surface area contributed by atoms with E-state index in [-0.39, 0.29) is 0 Å². The van der Waals surface area contributed by atoms with Crippen molar-refractivity contribution >= 4 is 28.7 Å². The molecule has 0 spiro atoms. The standard InChI is InChI=1S/C14H20N6S/c1-10-9-20(8-7-15-10)14(21)19-18-12-4-6-16-11-3-2-5-17-13(11)12/h2-3,5,10,15-16H,4,6-9H2,1H3,(H,19,21)/b18-12-. The van der Waals surface area contributed by atoms with Crippen molar-refractivity contribution in [2.75, 3.05) is 31.5 Å². The predicted octanol–water partition coefficient (Wildman–Crippen LogP) is 0.770. The number of nitrogens with one attached hydrogen (secondary N) is 3. The van der Waals surface area contributed by atoms with Crippen LogP contribution in [0.25, 0.3) is 0 Å². The normalized spacial score (nSPS) is 23.4. The summed E-state index contributed by atoms with van der Waals surface area (Å²) in [6.07, 6.45) is 2.63. The van der Waals surface area contributed by atoms with E-state index in [4.69, 9.17) is 12.2 Å². The molecule has 7 heteroatoms. The molecule has 1 fully saturated rings. The number of hydrazone groups is 1. The van der Waals surface area contributed by atoms with Crippen LogP contribution in [0.3, 0.4) is 0 Å². The summed E-state index contributed by atoms with van der Waals surface area (Å²) in [6.45, 7) is 5.81. The molecule has 0 aliphatic carbocycles. The number of anilines is 1. The van der Waals surface area contributed by atoms with Gasteiger partial charge in [-0.2, -0.15) is 5.10 Å². The molecule has 1 aromatic heterocycles. The highest BCUT2D eigenvalue weighted by Crippen LogP contribution is 2.18. The summed E-state index contributed by atoms with van der Waals surface area (Å²) >= 11 is 5.44. The molecule has 1 unspecified atom stereocenters. The van der Waals surface area contributed by atoms with E-state index in [0.29, 0.717) is 11.2 Å². The Morgan fingerprint density at radius 2 is 2.43 bits per heavy atom. The highest BCUT2D eigenvalue weighted by atomic mass is 32.1. The Kier molecular flexibility index (Phi) is 4.31. The maximum absolute atomic E-state index is 5.44. The lowest BCUT2D eigenvalue weighted by Gasteiger charge is -2.33. The summed E-state index contributed by atoms with van der Waals surface area (Å²) in [5, 5.41) is 11.9. The fourth-order valence-corrected chi connectivity index (χ4v) is 2.83. The quantitative estimate of drug-likeness (QED) is 0.526. The zero-order chi connectivity index (χ0) is 14.7. The third-order valence-corrected chi connectivity index (χ3v) is 4.05. The van der Waals surface area contributed by atoms with Crippen LogP contribution in [0.1, 0.15) is 19.0 Å². The molecule has 0 saturated carbocycles. The molecule has 112 valence electrons. The Morgan fingerprint density at radius 3 is 3.29 bits per heavy atom. The maximum Gasteiger partial charge on any atom is 0.189 e. The number of pyridine rings is 1. The molecule has 0 aromatic carbocycles. The molecular formula is C14H20N6S. The SMILES string of the molecule is CC1CN(C(=S)N/N=C2/CCNc3cccnc32)CCN1. The van der Waals surface area contributed by atoms with Gasteiger partial charge in [-0.05, 0) is 31.3 Å². The van der Waals surface area contributed by atoms with Crippen LogP contribution in [0.5, 0.6) is 0 Å². The highest BCUT2D eigenvalue weighted by molar-refractivity contribution is 7.80. The molecule has 3 N–H and O–H groups in total. The smallest absolute Gasteiger partial charge is 0.189 e. The van der Waals surface area contributed by atoms with Gasteiger partial charge in [-0.1, -0.05) is 0 Å². The van der Waals surface area contributed by atoms with E-state index in [1.54, 1.807) is 6.20 Å². The number of piperazine rings is 1. The lowest BCUT2D eigenvalue weighted by molar-refractivity contribution is 0.301. The number of nitrogens with zero attached hydrogens (tertiary/aromatic N) is 3. The second-order valence-electron chi connectivity index (χ2n) is 5.35. The largest absolute Gasteiger partial charge is 0.383 e. The van der Waals surface area contributed by atoms with Crippen molar-refractivity contribution in [1.29, 1.82) is 0 Å². The molecule has 2 aliphatic rings. The summed E-state index contributed by atoms with van der Waals surface area (Å²) in [5.41, 5.74) is 5.93. The van der Waals surface area contributed by atoms with E-state index < -0.39 is 0 Å². The summed E-state index contributed by atoms with van der Waals surface area (Å²) in [4.78, 5) is 6.56. The van der Waals surface area contributed by atoms with Gasteiger partial charge >= 0.3 is 0 Å². The van der Waals surface area contributed by atoms with Crippen molar-refractivity contribution in [3.8, 4) is 0 Å². The topological polar surface area (TPSA) is 64.6 Å². The van der Waals surface area contributed by atoms with Gasteiger partial charge in [0.15, 0.2) is 5.11 Å². The molecule has 3 rings (SSSR count). The van der Waals surface area contributed by atoms with Gasteiger partial charge in [0.2, 0.25) is 0 Å². The van der Waals surface area contributed by atoms with Crippen LogP contribution in [0, 0.1) is 0 Å². The second-order valence-corrected chi connectivity index (χ2v) is 5.74. The Hall–Kier alpha value is -1.73. The lowest BCUT2D eigenvalue weighted by Crippen LogP contribution is -2.53. The number of aromatic nitrogens is 1.